The highest BCUT2D eigenvalue weighted by Crippen LogP contribution is 2.16. The Morgan fingerprint density at radius 1 is 1.09 bits per heavy atom. The van der Waals surface area contributed by atoms with Crippen molar-refractivity contribution in [1.29, 1.82) is 0 Å². The first-order chi connectivity index (χ1) is 11.0. The molecule has 23 heavy (non-hydrogen) atoms. The first kappa shape index (κ1) is 16.7. The normalized spacial score (nSPS) is 10.6. The second kappa shape index (κ2) is 7.56. The number of amides is 1. The van der Waals surface area contributed by atoms with Crippen LogP contribution in [0.3, 0.4) is 0 Å². The predicted octanol–water partition coefficient (Wildman–Crippen LogP) is 3.56. The van der Waals surface area contributed by atoms with Crippen LogP contribution in [0.1, 0.15) is 40.1 Å². The smallest absolute Gasteiger partial charge is 0.337 e. The number of nitrogens with one attached hydrogen (secondary N) is 1. The Bertz CT molecular complexity index is 692. The van der Waals surface area contributed by atoms with Crippen molar-refractivity contribution in [3.05, 3.63) is 65.2 Å². The van der Waals surface area contributed by atoms with Crippen molar-refractivity contribution >= 4 is 17.6 Å². The van der Waals surface area contributed by atoms with Crippen LogP contribution in [-0.4, -0.2) is 23.1 Å². The van der Waals surface area contributed by atoms with Crippen molar-refractivity contribution < 1.29 is 19.4 Å². The van der Waals surface area contributed by atoms with Crippen molar-refractivity contribution in [2.45, 2.75) is 26.6 Å². The van der Waals surface area contributed by atoms with Crippen LogP contribution in [0.15, 0.2) is 48.5 Å². The molecular weight excluding hydrogens is 294 g/mol. The van der Waals surface area contributed by atoms with Crippen LogP contribution in [0.5, 0.6) is 0 Å². The topological polar surface area (TPSA) is 75.6 Å². The Kier molecular flexibility index (Phi) is 5.49. The molecule has 120 valence electrons. The molecule has 0 radical (unpaired) electrons. The average Bonchev–Trinajstić information content (AvgIpc) is 2.53. The number of ether oxygens (including phenoxy) is 1. The van der Waals surface area contributed by atoms with Crippen molar-refractivity contribution in [2.75, 3.05) is 5.32 Å². The molecule has 0 spiro atoms. The average molecular weight is 313 g/mol. The number of aromatic carboxylic acids is 1. The second-order valence-electron chi connectivity index (χ2n) is 5.36. The number of para-hydroxylation sites is 1. The number of carbonyl (C=O) groups is 2. The molecule has 0 saturated carbocycles. The first-order valence-electron chi connectivity index (χ1n) is 7.31. The number of hydrogen-bond donors (Lipinski definition) is 2. The van der Waals surface area contributed by atoms with Crippen molar-refractivity contribution in [1.82, 2.24) is 0 Å². The Labute approximate surface area is 134 Å². The van der Waals surface area contributed by atoms with E-state index in [-0.39, 0.29) is 23.3 Å². The zero-order chi connectivity index (χ0) is 16.8. The molecule has 1 amide bonds. The third kappa shape index (κ3) is 4.66. The van der Waals surface area contributed by atoms with Gasteiger partial charge in [0, 0.05) is 5.56 Å². The zero-order valence-corrected chi connectivity index (χ0v) is 13.1. The summed E-state index contributed by atoms with van der Waals surface area (Å²) in [5.74, 6) is -1.43. The molecule has 0 saturated heterocycles. The van der Waals surface area contributed by atoms with Crippen LogP contribution in [0.2, 0.25) is 0 Å². The van der Waals surface area contributed by atoms with E-state index in [4.69, 9.17) is 9.84 Å². The number of carboxylic acids is 1. The molecular formula is C18H19NO4. The van der Waals surface area contributed by atoms with Gasteiger partial charge in [0.15, 0.2) is 0 Å². The summed E-state index contributed by atoms with van der Waals surface area (Å²) in [5, 5.41) is 11.8. The molecule has 0 aliphatic carbocycles. The zero-order valence-electron chi connectivity index (χ0n) is 13.1. The Hall–Kier alpha value is -2.66. The van der Waals surface area contributed by atoms with Crippen LogP contribution >= 0.6 is 0 Å². The van der Waals surface area contributed by atoms with Crippen LogP contribution < -0.4 is 5.32 Å². The molecule has 2 rings (SSSR count). The lowest BCUT2D eigenvalue weighted by molar-refractivity contribution is 0.0656. The molecule has 0 heterocycles. The monoisotopic (exact) mass is 313 g/mol. The van der Waals surface area contributed by atoms with Crippen molar-refractivity contribution in [2.24, 2.45) is 0 Å². The van der Waals surface area contributed by atoms with Crippen LogP contribution in [0.25, 0.3) is 0 Å². The minimum atomic E-state index is -1.08. The maximum absolute atomic E-state index is 12.2. The van der Waals surface area contributed by atoms with E-state index in [2.05, 4.69) is 5.32 Å². The summed E-state index contributed by atoms with van der Waals surface area (Å²) < 4.78 is 5.50. The molecule has 0 atom stereocenters. The lowest BCUT2D eigenvalue weighted by Gasteiger charge is -2.10. The quantitative estimate of drug-likeness (QED) is 0.855. The maximum atomic E-state index is 12.2. The standard InChI is InChI=1S/C18H19NO4/c1-12(2)23-11-13-7-9-14(10-8-13)17(20)19-16-6-4-3-5-15(16)18(21)22/h3-10,12H,11H2,1-2H3,(H,19,20)(H,21,22). The van der Waals surface area contributed by atoms with Gasteiger partial charge in [-0.2, -0.15) is 0 Å². The fourth-order valence-electron chi connectivity index (χ4n) is 1.99. The molecule has 0 aromatic heterocycles. The molecule has 2 aromatic carbocycles. The number of anilines is 1. The Morgan fingerprint density at radius 3 is 2.35 bits per heavy atom. The van der Waals surface area contributed by atoms with Crippen LogP contribution in [-0.2, 0) is 11.3 Å². The highest BCUT2D eigenvalue weighted by Gasteiger charge is 2.12. The number of hydrogen-bond acceptors (Lipinski definition) is 3. The van der Waals surface area contributed by atoms with E-state index in [1.807, 2.05) is 26.0 Å². The van der Waals surface area contributed by atoms with E-state index in [1.54, 1.807) is 30.3 Å². The number of carbonyl (C=O) groups excluding carboxylic acids is 1. The Morgan fingerprint density at radius 2 is 1.74 bits per heavy atom. The molecule has 0 aliphatic rings. The largest absolute Gasteiger partial charge is 0.478 e. The Balaban J connectivity index is 2.08. The lowest BCUT2D eigenvalue weighted by Crippen LogP contribution is -2.14. The van der Waals surface area contributed by atoms with Crippen molar-refractivity contribution in [3.63, 3.8) is 0 Å². The second-order valence-corrected chi connectivity index (χ2v) is 5.36. The minimum absolute atomic E-state index is 0.0582. The summed E-state index contributed by atoms with van der Waals surface area (Å²) in [7, 11) is 0. The number of carboxylic acid groups (broad SMARTS) is 1. The number of benzene rings is 2. The van der Waals surface area contributed by atoms with Gasteiger partial charge in [-0.3, -0.25) is 4.79 Å². The van der Waals surface area contributed by atoms with Gasteiger partial charge in [0.1, 0.15) is 0 Å². The van der Waals surface area contributed by atoms with E-state index in [1.165, 1.54) is 6.07 Å². The highest BCUT2D eigenvalue weighted by atomic mass is 16.5. The van der Waals surface area contributed by atoms with Gasteiger partial charge in [0.25, 0.3) is 5.91 Å². The molecule has 5 nitrogen and oxygen atoms in total. The van der Waals surface area contributed by atoms with Gasteiger partial charge >= 0.3 is 5.97 Å². The predicted molar refractivity (Wildman–Crippen MR) is 87.7 cm³/mol. The van der Waals surface area contributed by atoms with Gasteiger partial charge in [0.05, 0.1) is 24.0 Å². The first-order valence-corrected chi connectivity index (χ1v) is 7.31. The van der Waals surface area contributed by atoms with E-state index >= 15 is 0 Å². The lowest BCUT2D eigenvalue weighted by atomic mass is 10.1. The van der Waals surface area contributed by atoms with E-state index < -0.39 is 5.97 Å². The molecule has 2 N–H and O–H groups in total. The van der Waals surface area contributed by atoms with Gasteiger partial charge in [-0.1, -0.05) is 24.3 Å². The SMILES string of the molecule is CC(C)OCc1ccc(C(=O)Nc2ccccc2C(=O)O)cc1. The van der Waals surface area contributed by atoms with E-state index in [9.17, 15) is 9.59 Å². The molecule has 5 heteroatoms. The summed E-state index contributed by atoms with van der Waals surface area (Å²) >= 11 is 0. The van der Waals surface area contributed by atoms with Gasteiger partial charge in [-0.15, -0.1) is 0 Å². The van der Waals surface area contributed by atoms with Gasteiger partial charge in [-0.25, -0.2) is 4.79 Å². The third-order valence-electron chi connectivity index (χ3n) is 3.21. The summed E-state index contributed by atoms with van der Waals surface area (Å²) in [6.45, 7) is 4.41. The van der Waals surface area contributed by atoms with E-state index in [0.29, 0.717) is 12.2 Å². The summed E-state index contributed by atoms with van der Waals surface area (Å²) in [5.41, 5.74) is 1.76. The molecule has 0 unspecified atom stereocenters. The highest BCUT2D eigenvalue weighted by molar-refractivity contribution is 6.07. The summed E-state index contributed by atoms with van der Waals surface area (Å²) in [4.78, 5) is 23.4. The summed E-state index contributed by atoms with van der Waals surface area (Å²) in [6.07, 6.45) is 0.144. The molecule has 0 fully saturated rings. The maximum Gasteiger partial charge on any atom is 0.337 e. The van der Waals surface area contributed by atoms with Gasteiger partial charge in [0.2, 0.25) is 0 Å². The fourth-order valence-corrected chi connectivity index (χ4v) is 1.99. The third-order valence-corrected chi connectivity index (χ3v) is 3.21. The van der Waals surface area contributed by atoms with Crippen LogP contribution in [0.4, 0.5) is 5.69 Å². The van der Waals surface area contributed by atoms with Crippen LogP contribution in [0, 0.1) is 0 Å². The summed E-state index contributed by atoms with van der Waals surface area (Å²) in [6, 6.07) is 13.3. The molecule has 0 bridgehead atoms. The molecule has 2 aromatic rings. The fraction of sp³-hybridized carbons (Fsp3) is 0.222. The van der Waals surface area contributed by atoms with Crippen molar-refractivity contribution in [3.8, 4) is 0 Å². The van der Waals surface area contributed by atoms with Gasteiger partial charge in [-0.05, 0) is 43.7 Å². The minimum Gasteiger partial charge on any atom is -0.478 e. The molecule has 0 aliphatic heterocycles. The van der Waals surface area contributed by atoms with E-state index in [0.717, 1.165) is 5.56 Å². The number of rotatable bonds is 6. The van der Waals surface area contributed by atoms with Gasteiger partial charge < -0.3 is 15.2 Å².